The number of hydrogen-bond donors (Lipinski definition) is 1. The maximum atomic E-state index is 13.3. The van der Waals surface area contributed by atoms with Crippen molar-refractivity contribution in [2.24, 2.45) is 0 Å². The second kappa shape index (κ2) is 10.4. The van der Waals surface area contributed by atoms with E-state index in [9.17, 15) is 17.6 Å². The minimum atomic E-state index is -3.70. The van der Waals surface area contributed by atoms with Crippen LogP contribution in [0.2, 0.25) is 0 Å². The molecule has 2 rings (SSSR count). The molecular formula is C22H27FN2O4S. The SMILES string of the molecule is CCN(CC)S(=O)(=O)c1ccc(OC(C)C)c(NC(=O)/C=C/c2cccc(F)c2)c1. The number of sulfonamides is 1. The summed E-state index contributed by atoms with van der Waals surface area (Å²) in [6.07, 6.45) is 2.55. The van der Waals surface area contributed by atoms with Gasteiger partial charge in [0.1, 0.15) is 11.6 Å². The van der Waals surface area contributed by atoms with Gasteiger partial charge < -0.3 is 10.1 Å². The number of nitrogens with one attached hydrogen (secondary N) is 1. The van der Waals surface area contributed by atoms with Gasteiger partial charge in [-0.05, 0) is 55.8 Å². The highest BCUT2D eigenvalue weighted by molar-refractivity contribution is 7.89. The number of amides is 1. The molecule has 0 radical (unpaired) electrons. The van der Waals surface area contributed by atoms with Crippen molar-refractivity contribution in [1.29, 1.82) is 0 Å². The Kier molecular flexibility index (Phi) is 8.14. The monoisotopic (exact) mass is 434 g/mol. The summed E-state index contributed by atoms with van der Waals surface area (Å²) >= 11 is 0. The summed E-state index contributed by atoms with van der Waals surface area (Å²) in [6, 6.07) is 10.2. The zero-order valence-corrected chi connectivity index (χ0v) is 18.4. The highest BCUT2D eigenvalue weighted by atomic mass is 32.2. The molecule has 162 valence electrons. The van der Waals surface area contributed by atoms with Gasteiger partial charge in [0, 0.05) is 19.2 Å². The van der Waals surface area contributed by atoms with Crippen LogP contribution in [-0.4, -0.2) is 37.8 Å². The maximum absolute atomic E-state index is 13.3. The first kappa shape index (κ1) is 23.6. The highest BCUT2D eigenvalue weighted by Gasteiger charge is 2.23. The van der Waals surface area contributed by atoms with Crippen LogP contribution in [0.4, 0.5) is 10.1 Å². The average Bonchev–Trinajstić information content (AvgIpc) is 2.68. The standard InChI is InChI=1S/C22H27FN2O4S/c1-5-25(6-2)30(27,28)19-11-12-21(29-16(3)4)20(15-19)24-22(26)13-10-17-8-7-9-18(23)14-17/h7-16H,5-6H2,1-4H3,(H,24,26)/b13-10+. The molecule has 0 aliphatic rings. The molecule has 0 saturated heterocycles. The third-order valence-corrected chi connectivity index (χ3v) is 6.24. The number of nitrogens with zero attached hydrogens (tertiary/aromatic N) is 1. The lowest BCUT2D eigenvalue weighted by molar-refractivity contribution is -0.111. The summed E-state index contributed by atoms with van der Waals surface area (Å²) in [5.41, 5.74) is 0.771. The molecule has 0 saturated carbocycles. The van der Waals surface area contributed by atoms with Crippen LogP contribution in [0.15, 0.2) is 53.4 Å². The van der Waals surface area contributed by atoms with Gasteiger partial charge in [0.2, 0.25) is 15.9 Å². The van der Waals surface area contributed by atoms with E-state index in [1.165, 1.54) is 46.8 Å². The Balaban J connectivity index is 2.34. The lowest BCUT2D eigenvalue weighted by atomic mass is 10.2. The van der Waals surface area contributed by atoms with Gasteiger partial charge in [-0.3, -0.25) is 4.79 Å². The average molecular weight is 435 g/mol. The number of carbonyl (C=O) groups is 1. The van der Waals surface area contributed by atoms with Gasteiger partial charge in [0.25, 0.3) is 0 Å². The van der Waals surface area contributed by atoms with Gasteiger partial charge in [-0.2, -0.15) is 4.31 Å². The third-order valence-electron chi connectivity index (χ3n) is 4.19. The van der Waals surface area contributed by atoms with Crippen LogP contribution < -0.4 is 10.1 Å². The first-order valence-electron chi connectivity index (χ1n) is 9.72. The predicted molar refractivity (Wildman–Crippen MR) is 116 cm³/mol. The molecule has 0 aliphatic heterocycles. The Hall–Kier alpha value is -2.71. The first-order valence-corrected chi connectivity index (χ1v) is 11.2. The lowest BCUT2D eigenvalue weighted by Gasteiger charge is -2.20. The van der Waals surface area contributed by atoms with Crippen molar-refractivity contribution in [3.63, 3.8) is 0 Å². The summed E-state index contributed by atoms with van der Waals surface area (Å²) in [5, 5.41) is 2.66. The van der Waals surface area contributed by atoms with Crippen molar-refractivity contribution in [2.75, 3.05) is 18.4 Å². The summed E-state index contributed by atoms with van der Waals surface area (Å²) in [5.74, 6) is -0.541. The molecule has 1 amide bonds. The Bertz CT molecular complexity index is 1020. The van der Waals surface area contributed by atoms with Crippen LogP contribution in [0.25, 0.3) is 6.08 Å². The van der Waals surface area contributed by atoms with Gasteiger partial charge in [0.15, 0.2) is 0 Å². The largest absolute Gasteiger partial charge is 0.489 e. The Labute approximate surface area is 177 Å². The fraction of sp³-hybridized carbons (Fsp3) is 0.318. The zero-order chi connectivity index (χ0) is 22.3. The Morgan fingerprint density at radius 2 is 1.87 bits per heavy atom. The number of ether oxygens (including phenoxy) is 1. The van der Waals surface area contributed by atoms with Crippen molar-refractivity contribution in [3.05, 3.63) is 59.9 Å². The summed E-state index contributed by atoms with van der Waals surface area (Å²) in [7, 11) is -3.70. The molecule has 0 unspecified atom stereocenters. The molecule has 2 aromatic rings. The van der Waals surface area contributed by atoms with Crippen LogP contribution >= 0.6 is 0 Å². The molecule has 30 heavy (non-hydrogen) atoms. The Morgan fingerprint density at radius 3 is 2.47 bits per heavy atom. The van der Waals surface area contributed by atoms with E-state index in [0.717, 1.165) is 0 Å². The molecule has 6 nitrogen and oxygen atoms in total. The van der Waals surface area contributed by atoms with E-state index >= 15 is 0 Å². The fourth-order valence-electron chi connectivity index (χ4n) is 2.79. The molecule has 0 atom stereocenters. The van der Waals surface area contributed by atoms with Crippen molar-refractivity contribution in [1.82, 2.24) is 4.31 Å². The number of hydrogen-bond acceptors (Lipinski definition) is 4. The van der Waals surface area contributed by atoms with Crippen LogP contribution in [-0.2, 0) is 14.8 Å². The van der Waals surface area contributed by atoms with Crippen LogP contribution in [0.1, 0.15) is 33.3 Å². The summed E-state index contributed by atoms with van der Waals surface area (Å²) in [6.45, 7) is 7.85. The van der Waals surface area contributed by atoms with Gasteiger partial charge in [-0.25, -0.2) is 12.8 Å². The molecule has 0 fully saturated rings. The maximum Gasteiger partial charge on any atom is 0.248 e. The minimum Gasteiger partial charge on any atom is -0.489 e. The van der Waals surface area contributed by atoms with E-state index in [1.54, 1.807) is 26.0 Å². The van der Waals surface area contributed by atoms with Crippen LogP contribution in [0.3, 0.4) is 0 Å². The van der Waals surface area contributed by atoms with E-state index < -0.39 is 21.7 Å². The van der Waals surface area contributed by atoms with Crippen molar-refractivity contribution >= 4 is 27.7 Å². The number of anilines is 1. The minimum absolute atomic E-state index is 0.0618. The molecule has 0 spiro atoms. The molecule has 2 aromatic carbocycles. The van der Waals surface area contributed by atoms with Crippen LogP contribution in [0, 0.1) is 5.82 Å². The smallest absolute Gasteiger partial charge is 0.248 e. The highest BCUT2D eigenvalue weighted by Crippen LogP contribution is 2.30. The van der Waals surface area contributed by atoms with E-state index in [2.05, 4.69) is 5.32 Å². The van der Waals surface area contributed by atoms with E-state index in [0.29, 0.717) is 24.4 Å². The van der Waals surface area contributed by atoms with E-state index in [-0.39, 0.29) is 16.7 Å². The topological polar surface area (TPSA) is 75.7 Å². The fourth-order valence-corrected chi connectivity index (χ4v) is 4.28. The van der Waals surface area contributed by atoms with Gasteiger partial charge in [0.05, 0.1) is 16.7 Å². The second-order valence-corrected chi connectivity index (χ2v) is 8.73. The summed E-state index contributed by atoms with van der Waals surface area (Å²) < 4.78 is 46.0. The van der Waals surface area contributed by atoms with Crippen LogP contribution in [0.5, 0.6) is 5.75 Å². The van der Waals surface area contributed by atoms with Gasteiger partial charge in [-0.15, -0.1) is 0 Å². The molecule has 0 heterocycles. The normalized spacial score (nSPS) is 12.0. The first-order chi connectivity index (χ1) is 14.2. The molecule has 0 aliphatic carbocycles. The van der Waals surface area contributed by atoms with Crippen molar-refractivity contribution < 1.29 is 22.3 Å². The van der Waals surface area contributed by atoms with E-state index in [4.69, 9.17) is 4.74 Å². The zero-order valence-electron chi connectivity index (χ0n) is 17.6. The lowest BCUT2D eigenvalue weighted by Crippen LogP contribution is -2.30. The van der Waals surface area contributed by atoms with Crippen molar-refractivity contribution in [3.8, 4) is 5.75 Å². The second-order valence-electron chi connectivity index (χ2n) is 6.79. The molecule has 1 N–H and O–H groups in total. The third kappa shape index (κ3) is 6.14. The number of benzene rings is 2. The van der Waals surface area contributed by atoms with E-state index in [1.807, 2.05) is 13.8 Å². The summed E-state index contributed by atoms with van der Waals surface area (Å²) in [4.78, 5) is 12.5. The molecule has 8 heteroatoms. The molecule has 0 aromatic heterocycles. The number of carbonyl (C=O) groups excluding carboxylic acids is 1. The van der Waals surface area contributed by atoms with Crippen molar-refractivity contribution in [2.45, 2.75) is 38.7 Å². The number of halogens is 1. The Morgan fingerprint density at radius 1 is 1.17 bits per heavy atom. The molecular weight excluding hydrogens is 407 g/mol. The quantitative estimate of drug-likeness (QED) is 0.597. The van der Waals surface area contributed by atoms with Gasteiger partial charge in [-0.1, -0.05) is 26.0 Å². The van der Waals surface area contributed by atoms with Gasteiger partial charge >= 0.3 is 0 Å². The predicted octanol–water partition coefficient (Wildman–Crippen LogP) is 4.30. The number of rotatable bonds is 9. The molecule has 0 bridgehead atoms.